The van der Waals surface area contributed by atoms with Gasteiger partial charge in [-0.25, -0.2) is 0 Å². The average molecular weight is 335 g/mol. The van der Waals surface area contributed by atoms with Gasteiger partial charge in [0.25, 0.3) is 0 Å². The highest BCUT2D eigenvalue weighted by molar-refractivity contribution is 6.74. The molecule has 0 aromatic heterocycles. The molecule has 130 valence electrons. The normalized spacial score (nSPS) is 56.6. The van der Waals surface area contributed by atoms with Crippen LogP contribution in [0.4, 0.5) is 0 Å². The summed E-state index contributed by atoms with van der Waals surface area (Å²) in [6.45, 7) is 11.9. The molecular weight excluding hydrogens is 300 g/mol. The lowest BCUT2D eigenvalue weighted by Gasteiger charge is -2.75. The van der Waals surface area contributed by atoms with Crippen molar-refractivity contribution in [2.75, 3.05) is 0 Å². The Bertz CT molecular complexity index is 524. The van der Waals surface area contributed by atoms with Gasteiger partial charge >= 0.3 is 0 Å². The molecule has 0 radical (unpaired) electrons. The Morgan fingerprint density at radius 3 is 2.00 bits per heavy atom. The fourth-order valence-corrected chi connectivity index (χ4v) is 9.30. The molecule has 7 fully saturated rings. The van der Waals surface area contributed by atoms with Crippen LogP contribution in [0.25, 0.3) is 0 Å². The maximum atomic E-state index is 11.5. The predicted molar refractivity (Wildman–Crippen MR) is 94.6 cm³/mol. The van der Waals surface area contributed by atoms with Crippen LogP contribution in [0.2, 0.25) is 18.1 Å². The molecule has 7 aliphatic carbocycles. The molecule has 23 heavy (non-hydrogen) atoms. The highest BCUT2D eigenvalue weighted by Crippen LogP contribution is 2.74. The van der Waals surface area contributed by atoms with Crippen molar-refractivity contribution in [1.82, 2.24) is 0 Å². The third-order valence-electron chi connectivity index (χ3n) is 9.31. The van der Waals surface area contributed by atoms with Crippen LogP contribution in [0.1, 0.15) is 59.3 Å². The van der Waals surface area contributed by atoms with E-state index in [0.29, 0.717) is 11.8 Å². The molecule has 0 aromatic rings. The Morgan fingerprint density at radius 2 is 1.48 bits per heavy atom. The van der Waals surface area contributed by atoms with E-state index in [9.17, 15) is 5.11 Å². The van der Waals surface area contributed by atoms with Gasteiger partial charge in [-0.3, -0.25) is 0 Å². The largest absolute Gasteiger partial charge is 0.411 e. The molecule has 7 saturated carbocycles. The summed E-state index contributed by atoms with van der Waals surface area (Å²) in [5.41, 5.74) is -0.194. The van der Waals surface area contributed by atoms with Crippen LogP contribution >= 0.6 is 0 Å². The summed E-state index contributed by atoms with van der Waals surface area (Å²) < 4.78 is 7.11. The minimum absolute atomic E-state index is 0.117. The van der Waals surface area contributed by atoms with Crippen LogP contribution in [-0.2, 0) is 4.43 Å². The lowest BCUT2D eigenvalue weighted by molar-refractivity contribution is -0.316. The molecule has 0 saturated heterocycles. The van der Waals surface area contributed by atoms with E-state index in [-0.39, 0.29) is 16.2 Å². The first-order valence-electron chi connectivity index (χ1n) is 9.97. The summed E-state index contributed by atoms with van der Waals surface area (Å²) in [5.74, 6) is 4.46. The summed E-state index contributed by atoms with van der Waals surface area (Å²) in [6.07, 6.45) is 7.57. The number of aliphatic hydroxyl groups is 1. The zero-order valence-corrected chi connectivity index (χ0v) is 16.6. The van der Waals surface area contributed by atoms with Crippen LogP contribution in [0.5, 0.6) is 0 Å². The van der Waals surface area contributed by atoms with Gasteiger partial charge in [0.2, 0.25) is 0 Å². The highest BCUT2D eigenvalue weighted by atomic mass is 28.4. The molecule has 4 unspecified atom stereocenters. The molecule has 0 aromatic carbocycles. The summed E-state index contributed by atoms with van der Waals surface area (Å²) >= 11 is 0. The molecule has 7 aliphatic rings. The molecule has 0 spiro atoms. The second-order valence-corrected chi connectivity index (χ2v) is 16.1. The fraction of sp³-hybridized carbons (Fsp3) is 1.00. The van der Waals surface area contributed by atoms with Gasteiger partial charge < -0.3 is 9.53 Å². The maximum absolute atomic E-state index is 11.5. The third kappa shape index (κ3) is 1.77. The van der Waals surface area contributed by atoms with Gasteiger partial charge in [0.05, 0.1) is 11.2 Å². The quantitative estimate of drug-likeness (QED) is 0.749. The zero-order valence-electron chi connectivity index (χ0n) is 15.6. The van der Waals surface area contributed by atoms with Crippen LogP contribution in [-0.4, -0.2) is 24.6 Å². The third-order valence-corrected chi connectivity index (χ3v) is 13.9. The maximum Gasteiger partial charge on any atom is 0.192 e. The topological polar surface area (TPSA) is 29.5 Å². The van der Waals surface area contributed by atoms with Crippen LogP contribution in [0, 0.1) is 35.5 Å². The van der Waals surface area contributed by atoms with Crippen molar-refractivity contribution in [3.8, 4) is 0 Å². The van der Waals surface area contributed by atoms with Crippen molar-refractivity contribution in [1.29, 1.82) is 0 Å². The molecule has 0 amide bonds. The van der Waals surface area contributed by atoms with Gasteiger partial charge in [-0.2, -0.15) is 0 Å². The molecule has 0 heterocycles. The van der Waals surface area contributed by atoms with Crippen LogP contribution in [0.15, 0.2) is 0 Å². The Hall–Kier alpha value is 0.137. The number of hydrogen-bond acceptors (Lipinski definition) is 2. The first-order valence-corrected chi connectivity index (χ1v) is 12.9. The summed E-state index contributed by atoms with van der Waals surface area (Å²) in [7, 11) is -1.74. The smallest absolute Gasteiger partial charge is 0.192 e. The van der Waals surface area contributed by atoms with Crippen molar-refractivity contribution >= 4 is 8.32 Å². The fourth-order valence-electron chi connectivity index (χ4n) is 7.67. The van der Waals surface area contributed by atoms with E-state index in [0.717, 1.165) is 42.9 Å². The van der Waals surface area contributed by atoms with Gasteiger partial charge in [-0.1, -0.05) is 20.8 Å². The van der Waals surface area contributed by atoms with E-state index in [4.69, 9.17) is 4.43 Å². The Labute approximate surface area is 142 Å². The Kier molecular flexibility index (Phi) is 2.74. The van der Waals surface area contributed by atoms with Crippen LogP contribution < -0.4 is 0 Å². The monoisotopic (exact) mass is 334 g/mol. The van der Waals surface area contributed by atoms with E-state index in [1.807, 2.05) is 0 Å². The van der Waals surface area contributed by atoms with Gasteiger partial charge in [-0.15, -0.1) is 0 Å². The first-order chi connectivity index (χ1) is 10.5. The zero-order chi connectivity index (χ0) is 16.4. The van der Waals surface area contributed by atoms with Crippen molar-refractivity contribution in [2.45, 2.75) is 88.6 Å². The minimum atomic E-state index is -1.74. The van der Waals surface area contributed by atoms with Gasteiger partial charge in [0.1, 0.15) is 0 Å². The molecule has 1 N–H and O–H groups in total. The molecule has 2 nitrogen and oxygen atoms in total. The van der Waals surface area contributed by atoms with Crippen molar-refractivity contribution in [3.63, 3.8) is 0 Å². The summed E-state index contributed by atoms with van der Waals surface area (Å²) in [6, 6.07) is 0. The molecule has 3 heteroatoms. The molecule has 4 atom stereocenters. The number of hydrogen-bond donors (Lipinski definition) is 1. The van der Waals surface area contributed by atoms with Crippen molar-refractivity contribution < 1.29 is 9.53 Å². The average Bonchev–Trinajstić information content (AvgIpc) is 2.41. The van der Waals surface area contributed by atoms with Crippen molar-refractivity contribution in [2.24, 2.45) is 35.5 Å². The summed E-state index contributed by atoms with van der Waals surface area (Å²) in [4.78, 5) is 0. The van der Waals surface area contributed by atoms with E-state index >= 15 is 0 Å². The molecule has 7 rings (SSSR count). The molecular formula is C20H34O2Si. The van der Waals surface area contributed by atoms with Gasteiger partial charge in [0.15, 0.2) is 8.32 Å². The lowest BCUT2D eigenvalue weighted by Crippen LogP contribution is -2.76. The van der Waals surface area contributed by atoms with E-state index < -0.39 is 8.32 Å². The second-order valence-electron chi connectivity index (χ2n) is 11.4. The first kappa shape index (κ1) is 15.4. The van der Waals surface area contributed by atoms with Crippen molar-refractivity contribution in [3.05, 3.63) is 0 Å². The second kappa shape index (κ2) is 4.10. The summed E-state index contributed by atoms with van der Waals surface area (Å²) in [5, 5.41) is 11.8. The Balaban J connectivity index is 1.51. The van der Waals surface area contributed by atoms with Gasteiger partial charge in [0, 0.05) is 0 Å². The molecule has 8 bridgehead atoms. The van der Waals surface area contributed by atoms with E-state index in [1.54, 1.807) is 0 Å². The predicted octanol–water partition coefficient (Wildman–Crippen LogP) is 4.58. The highest BCUT2D eigenvalue weighted by Gasteiger charge is 2.73. The Morgan fingerprint density at radius 1 is 0.913 bits per heavy atom. The van der Waals surface area contributed by atoms with E-state index in [2.05, 4.69) is 33.9 Å². The lowest BCUT2D eigenvalue weighted by atomic mass is 9.33. The van der Waals surface area contributed by atoms with Gasteiger partial charge in [-0.05, 0) is 92.2 Å². The molecule has 0 aliphatic heterocycles. The van der Waals surface area contributed by atoms with E-state index in [1.165, 1.54) is 19.3 Å². The SMILES string of the molecule is CC(C)(C)[Si](C)(C)OC12CC3C4CC5CC3C(C1)C(O)(C5)C4C2. The standard InChI is InChI=1S/C20H34O2Si/c1-18(2,3)23(4,5)22-19-9-15-13-6-12-7-14(15)17(11-19)20(21,8-12)16(13)10-19/h12-17,21H,6-11H2,1-5H3. The van der Waals surface area contributed by atoms with Crippen LogP contribution in [0.3, 0.4) is 0 Å². The minimum Gasteiger partial charge on any atom is -0.411 e. The number of rotatable bonds is 2.